The number of rotatable bonds is 4. The lowest BCUT2D eigenvalue weighted by Crippen LogP contribution is -2.33. The van der Waals surface area contributed by atoms with Crippen LogP contribution >= 0.6 is 0 Å². The Morgan fingerprint density at radius 2 is 1.96 bits per heavy atom. The van der Waals surface area contributed by atoms with Gasteiger partial charge in [0.2, 0.25) is 0 Å². The van der Waals surface area contributed by atoms with E-state index in [0.717, 1.165) is 17.0 Å². The van der Waals surface area contributed by atoms with Crippen LogP contribution in [-0.4, -0.2) is 11.8 Å². The summed E-state index contributed by atoms with van der Waals surface area (Å²) < 4.78 is 0. The second-order valence-electron chi connectivity index (χ2n) is 5.73. The van der Waals surface area contributed by atoms with E-state index in [1.54, 1.807) is 18.2 Å². The van der Waals surface area contributed by atoms with Crippen molar-refractivity contribution in [1.82, 2.24) is 5.32 Å². The Bertz CT molecular complexity index is 815. The number of benzene rings is 2. The molecule has 2 aromatic carbocycles. The maximum atomic E-state index is 12.6. The molecule has 2 amide bonds. The van der Waals surface area contributed by atoms with E-state index in [4.69, 9.17) is 5.84 Å². The molecular formula is C19H19N3O2. The standard InChI is InChI=1S/C19H19N3O2/c1-3-16(13-7-5-4-6-8-13)21-18(23)14-9-10-17-15(11-14)12(2)19(24)22(17)20/h4-11,16H,2-3,20H2,1H3,(H,21,23)/t16-/m1/s1. The maximum Gasteiger partial charge on any atom is 0.272 e. The fourth-order valence-corrected chi connectivity index (χ4v) is 2.85. The van der Waals surface area contributed by atoms with E-state index in [2.05, 4.69) is 11.9 Å². The second kappa shape index (κ2) is 6.29. The Labute approximate surface area is 140 Å². The van der Waals surface area contributed by atoms with E-state index >= 15 is 0 Å². The van der Waals surface area contributed by atoms with E-state index in [0.29, 0.717) is 22.4 Å². The number of carbonyl (C=O) groups excluding carboxylic acids is 2. The molecule has 1 aliphatic rings. The van der Waals surface area contributed by atoms with Crippen LogP contribution < -0.4 is 16.2 Å². The van der Waals surface area contributed by atoms with Crippen LogP contribution in [0.1, 0.15) is 40.9 Å². The molecule has 0 aromatic heterocycles. The summed E-state index contributed by atoms with van der Waals surface area (Å²) in [5.41, 5.74) is 3.01. The highest BCUT2D eigenvalue weighted by Gasteiger charge is 2.29. The summed E-state index contributed by atoms with van der Waals surface area (Å²) >= 11 is 0. The molecular weight excluding hydrogens is 302 g/mol. The lowest BCUT2D eigenvalue weighted by Gasteiger charge is -2.18. The molecule has 122 valence electrons. The highest BCUT2D eigenvalue weighted by atomic mass is 16.2. The van der Waals surface area contributed by atoms with Gasteiger partial charge in [0.05, 0.1) is 11.7 Å². The summed E-state index contributed by atoms with van der Waals surface area (Å²) in [7, 11) is 0. The molecule has 1 heterocycles. The van der Waals surface area contributed by atoms with Crippen LogP contribution in [0.15, 0.2) is 55.1 Å². The molecule has 0 spiro atoms. The molecule has 0 bridgehead atoms. The second-order valence-corrected chi connectivity index (χ2v) is 5.73. The third-order valence-corrected chi connectivity index (χ3v) is 4.24. The van der Waals surface area contributed by atoms with Crippen LogP contribution in [0.2, 0.25) is 0 Å². The quantitative estimate of drug-likeness (QED) is 0.516. The number of hydrogen-bond donors (Lipinski definition) is 2. The van der Waals surface area contributed by atoms with Gasteiger partial charge in [0.1, 0.15) is 0 Å². The Morgan fingerprint density at radius 1 is 1.25 bits per heavy atom. The predicted octanol–water partition coefficient (Wildman–Crippen LogP) is 2.80. The molecule has 3 N–H and O–H groups in total. The number of amides is 2. The molecule has 0 saturated heterocycles. The summed E-state index contributed by atoms with van der Waals surface area (Å²) in [4.78, 5) is 24.4. The minimum Gasteiger partial charge on any atom is -0.345 e. The van der Waals surface area contributed by atoms with Crippen LogP contribution in [0.25, 0.3) is 5.57 Å². The molecule has 2 aromatic rings. The molecule has 0 radical (unpaired) electrons. The topological polar surface area (TPSA) is 75.4 Å². The molecule has 5 heteroatoms. The SMILES string of the molecule is C=C1C(=O)N(N)c2ccc(C(=O)N[C@H](CC)c3ccccc3)cc21. The lowest BCUT2D eigenvalue weighted by atomic mass is 10.0. The van der Waals surface area contributed by atoms with Gasteiger partial charge in [-0.2, -0.15) is 0 Å². The number of nitrogens with two attached hydrogens (primary N) is 1. The van der Waals surface area contributed by atoms with Gasteiger partial charge in [-0.1, -0.05) is 43.8 Å². The smallest absolute Gasteiger partial charge is 0.272 e. The van der Waals surface area contributed by atoms with Crippen LogP contribution in [0.3, 0.4) is 0 Å². The van der Waals surface area contributed by atoms with Crippen molar-refractivity contribution in [3.05, 3.63) is 71.8 Å². The molecule has 1 aliphatic heterocycles. The van der Waals surface area contributed by atoms with Crippen LogP contribution in [0.4, 0.5) is 5.69 Å². The largest absolute Gasteiger partial charge is 0.345 e. The van der Waals surface area contributed by atoms with E-state index < -0.39 is 0 Å². The fourth-order valence-electron chi connectivity index (χ4n) is 2.85. The summed E-state index contributed by atoms with van der Waals surface area (Å²) in [6.45, 7) is 5.77. The zero-order chi connectivity index (χ0) is 17.3. The zero-order valence-corrected chi connectivity index (χ0v) is 13.5. The van der Waals surface area contributed by atoms with Crippen molar-refractivity contribution < 1.29 is 9.59 Å². The number of hydrogen-bond acceptors (Lipinski definition) is 3. The van der Waals surface area contributed by atoms with E-state index in [-0.39, 0.29) is 17.9 Å². The normalized spacial score (nSPS) is 14.5. The van der Waals surface area contributed by atoms with Gasteiger partial charge in [0.15, 0.2) is 0 Å². The van der Waals surface area contributed by atoms with Crippen molar-refractivity contribution in [2.75, 3.05) is 5.01 Å². The predicted molar refractivity (Wildman–Crippen MR) is 94.1 cm³/mol. The Kier molecular flexibility index (Phi) is 4.18. The molecule has 24 heavy (non-hydrogen) atoms. The van der Waals surface area contributed by atoms with E-state index in [9.17, 15) is 9.59 Å². The van der Waals surface area contributed by atoms with Crippen molar-refractivity contribution in [1.29, 1.82) is 0 Å². The third-order valence-electron chi connectivity index (χ3n) is 4.24. The highest BCUT2D eigenvalue weighted by molar-refractivity contribution is 6.31. The van der Waals surface area contributed by atoms with Crippen LogP contribution in [-0.2, 0) is 4.79 Å². The fraction of sp³-hybridized carbons (Fsp3) is 0.158. The van der Waals surface area contributed by atoms with Crippen LogP contribution in [0.5, 0.6) is 0 Å². The lowest BCUT2D eigenvalue weighted by molar-refractivity contribution is -0.113. The van der Waals surface area contributed by atoms with Gasteiger partial charge in [-0.15, -0.1) is 0 Å². The molecule has 0 unspecified atom stereocenters. The van der Waals surface area contributed by atoms with Gasteiger partial charge in [0, 0.05) is 16.7 Å². The highest BCUT2D eigenvalue weighted by Crippen LogP contribution is 2.34. The Morgan fingerprint density at radius 3 is 2.62 bits per heavy atom. The van der Waals surface area contributed by atoms with Crippen molar-refractivity contribution in [3.8, 4) is 0 Å². The average molecular weight is 321 g/mol. The maximum absolute atomic E-state index is 12.6. The van der Waals surface area contributed by atoms with Gasteiger partial charge in [-0.25, -0.2) is 10.9 Å². The number of fused-ring (bicyclic) bond motifs is 1. The zero-order valence-electron chi connectivity index (χ0n) is 13.5. The first kappa shape index (κ1) is 16.0. The first-order valence-corrected chi connectivity index (χ1v) is 7.81. The van der Waals surface area contributed by atoms with Gasteiger partial charge in [-0.3, -0.25) is 9.59 Å². The Balaban J connectivity index is 1.84. The van der Waals surface area contributed by atoms with E-state index in [1.165, 1.54) is 0 Å². The number of nitrogens with zero attached hydrogens (tertiary/aromatic N) is 1. The molecule has 0 aliphatic carbocycles. The summed E-state index contributed by atoms with van der Waals surface area (Å²) in [6, 6.07) is 14.8. The summed E-state index contributed by atoms with van der Waals surface area (Å²) in [5.74, 6) is 5.17. The first-order valence-electron chi connectivity index (χ1n) is 7.81. The van der Waals surface area contributed by atoms with Gasteiger partial charge < -0.3 is 5.32 Å². The van der Waals surface area contributed by atoms with Crippen molar-refractivity contribution in [3.63, 3.8) is 0 Å². The van der Waals surface area contributed by atoms with Crippen molar-refractivity contribution >= 4 is 23.1 Å². The van der Waals surface area contributed by atoms with Gasteiger partial charge in [0.25, 0.3) is 11.8 Å². The average Bonchev–Trinajstić information content (AvgIpc) is 2.84. The minimum atomic E-state index is -0.349. The molecule has 3 rings (SSSR count). The first-order chi connectivity index (χ1) is 11.5. The number of nitrogens with one attached hydrogen (secondary N) is 1. The van der Waals surface area contributed by atoms with Gasteiger partial charge in [-0.05, 0) is 30.2 Å². The van der Waals surface area contributed by atoms with Gasteiger partial charge >= 0.3 is 0 Å². The van der Waals surface area contributed by atoms with Crippen molar-refractivity contribution in [2.24, 2.45) is 5.84 Å². The van der Waals surface area contributed by atoms with E-state index in [1.807, 2.05) is 37.3 Å². The third kappa shape index (κ3) is 2.70. The monoisotopic (exact) mass is 321 g/mol. The van der Waals surface area contributed by atoms with Crippen LogP contribution in [0, 0.1) is 0 Å². The number of anilines is 1. The molecule has 0 fully saturated rings. The molecule has 1 atom stereocenters. The molecule has 5 nitrogen and oxygen atoms in total. The Hall–Kier alpha value is -2.92. The number of carbonyl (C=O) groups is 2. The minimum absolute atomic E-state index is 0.0669. The summed E-state index contributed by atoms with van der Waals surface area (Å²) in [5, 5.41) is 4.08. The number of hydrazine groups is 1. The molecule has 0 saturated carbocycles. The summed E-state index contributed by atoms with van der Waals surface area (Å²) in [6.07, 6.45) is 0.780. The van der Waals surface area contributed by atoms with Crippen molar-refractivity contribution in [2.45, 2.75) is 19.4 Å².